The fourth-order valence-electron chi connectivity index (χ4n) is 8.60. The fourth-order valence-corrected chi connectivity index (χ4v) is 8.60. The second-order valence-electron chi connectivity index (χ2n) is 19.5. The van der Waals surface area contributed by atoms with Crippen LogP contribution in [0.4, 0.5) is 25.2 Å². The second-order valence-corrected chi connectivity index (χ2v) is 19.5. The molecule has 10 rings (SSSR count). The van der Waals surface area contributed by atoms with E-state index in [2.05, 4.69) is 25.1 Å². The van der Waals surface area contributed by atoms with Crippen LogP contribution in [0.5, 0.6) is 23.0 Å². The SMILES string of the molecule is CC(C)(C)OC(=O)N1CCN(c2cnc3ccc(Oc4ccc(CC(=O)Cc5ccc(F)cc5)cc4)cc3n2)CC1.O=C(Cc1ccc(F)cc1)Cc1ccc(Oc2ccc3ncc(N4CCNCC4)nc3c2)cc1. The molecule has 384 valence electrons. The number of nitrogens with zero attached hydrogens (tertiary/aromatic N) is 7. The van der Waals surface area contributed by atoms with Gasteiger partial charge in [-0.15, -0.1) is 0 Å². The van der Waals surface area contributed by atoms with Crippen molar-refractivity contribution in [3.63, 3.8) is 0 Å². The van der Waals surface area contributed by atoms with Crippen LogP contribution >= 0.6 is 0 Å². The Bertz CT molecular complexity index is 3250. The summed E-state index contributed by atoms with van der Waals surface area (Å²) in [5.41, 5.74) is 5.94. The quantitative estimate of drug-likeness (QED) is 0.110. The van der Waals surface area contributed by atoms with Crippen LogP contribution in [-0.2, 0) is 40.0 Å². The minimum absolute atomic E-state index is 0.0560. The van der Waals surface area contributed by atoms with Crippen LogP contribution in [-0.4, -0.2) is 100 Å². The second kappa shape index (κ2) is 23.7. The third kappa shape index (κ3) is 14.7. The number of ketones is 2. The van der Waals surface area contributed by atoms with E-state index in [1.165, 1.54) is 24.3 Å². The van der Waals surface area contributed by atoms with Crippen LogP contribution in [0.15, 0.2) is 146 Å². The standard InChI is InChI=1S/C32H33FN4O4.C27H25FN4O2/c1-32(2,3)41-31(39)37-16-14-36(15-17-37)30-21-34-28-13-12-27(20-29(28)35-30)40-26-10-6-23(7-11-26)19-25(38)18-22-4-8-24(33)9-5-22;28-21-5-1-19(2-6-21)15-22(33)16-20-3-7-23(8-4-20)34-24-9-10-25-26(17-24)31-27(18-30-25)32-13-11-29-12-14-32/h4-13,20-21H,14-19H2,1-3H3;1-10,17-18,29H,11-16H2. The number of amides is 1. The van der Waals surface area contributed by atoms with Crippen LogP contribution in [0.25, 0.3) is 22.1 Å². The summed E-state index contributed by atoms with van der Waals surface area (Å²) in [4.78, 5) is 61.9. The molecule has 0 saturated carbocycles. The Morgan fingerprint density at radius 1 is 0.493 bits per heavy atom. The molecule has 2 saturated heterocycles. The number of hydrogen-bond donors (Lipinski definition) is 1. The summed E-state index contributed by atoms with van der Waals surface area (Å²) in [7, 11) is 0. The lowest BCUT2D eigenvalue weighted by atomic mass is 10.0. The summed E-state index contributed by atoms with van der Waals surface area (Å²) in [5.74, 6) is 3.76. The number of Topliss-reactive ketones (excluding diaryl/α,β-unsaturated/α-hetero) is 2. The Balaban J connectivity index is 0.000000187. The summed E-state index contributed by atoms with van der Waals surface area (Å²) >= 11 is 0. The van der Waals surface area contributed by atoms with Gasteiger partial charge in [0, 0.05) is 90.2 Å². The lowest BCUT2D eigenvalue weighted by Crippen LogP contribution is -2.50. The first-order valence-corrected chi connectivity index (χ1v) is 25.0. The predicted octanol–water partition coefficient (Wildman–Crippen LogP) is 10.3. The zero-order chi connectivity index (χ0) is 52.3. The first-order chi connectivity index (χ1) is 36.2. The highest BCUT2D eigenvalue weighted by Gasteiger charge is 2.27. The Morgan fingerprint density at radius 2 is 0.867 bits per heavy atom. The molecule has 2 aliphatic rings. The van der Waals surface area contributed by atoms with Gasteiger partial charge in [0.05, 0.1) is 34.5 Å². The molecule has 0 atom stereocenters. The van der Waals surface area contributed by atoms with Crippen molar-refractivity contribution in [2.24, 2.45) is 0 Å². The molecular formula is C59H58F2N8O6. The molecule has 2 aliphatic heterocycles. The molecule has 16 heteroatoms. The van der Waals surface area contributed by atoms with Crippen LogP contribution in [0.2, 0.25) is 0 Å². The number of hydrogen-bond acceptors (Lipinski definition) is 13. The van der Waals surface area contributed by atoms with Crippen LogP contribution in [0.1, 0.15) is 43.0 Å². The number of rotatable bonds is 14. The Kier molecular flexibility index (Phi) is 16.3. The minimum atomic E-state index is -0.523. The molecule has 1 N–H and O–H groups in total. The van der Waals surface area contributed by atoms with Gasteiger partial charge in [0.1, 0.15) is 63.4 Å². The third-order valence-corrected chi connectivity index (χ3v) is 12.4. The maximum absolute atomic E-state index is 13.1. The molecule has 75 heavy (non-hydrogen) atoms. The van der Waals surface area contributed by atoms with Gasteiger partial charge in [-0.25, -0.2) is 23.5 Å². The molecule has 8 aromatic rings. The Morgan fingerprint density at radius 3 is 1.27 bits per heavy atom. The van der Waals surface area contributed by atoms with E-state index in [1.54, 1.807) is 35.4 Å². The van der Waals surface area contributed by atoms with E-state index in [9.17, 15) is 23.2 Å². The largest absolute Gasteiger partial charge is 0.457 e. The van der Waals surface area contributed by atoms with E-state index >= 15 is 0 Å². The van der Waals surface area contributed by atoms with Gasteiger partial charge in [0.2, 0.25) is 0 Å². The number of fused-ring (bicyclic) bond motifs is 2. The molecular weight excluding hydrogens is 955 g/mol. The lowest BCUT2D eigenvalue weighted by molar-refractivity contribution is -0.118. The predicted molar refractivity (Wildman–Crippen MR) is 285 cm³/mol. The van der Waals surface area contributed by atoms with Gasteiger partial charge < -0.3 is 34.2 Å². The minimum Gasteiger partial charge on any atom is -0.457 e. The molecule has 0 bridgehead atoms. The number of aromatic nitrogens is 4. The van der Waals surface area contributed by atoms with E-state index in [1.807, 2.05) is 112 Å². The van der Waals surface area contributed by atoms with Crippen molar-refractivity contribution in [3.05, 3.63) is 180 Å². The highest BCUT2D eigenvalue weighted by molar-refractivity contribution is 5.84. The molecule has 4 heterocycles. The third-order valence-electron chi connectivity index (χ3n) is 12.4. The first kappa shape index (κ1) is 51.5. The van der Waals surface area contributed by atoms with Crippen molar-refractivity contribution in [2.75, 3.05) is 62.2 Å². The van der Waals surface area contributed by atoms with Crippen molar-refractivity contribution >= 4 is 51.4 Å². The number of halogens is 2. The zero-order valence-corrected chi connectivity index (χ0v) is 42.2. The lowest BCUT2D eigenvalue weighted by Gasteiger charge is -2.36. The zero-order valence-electron chi connectivity index (χ0n) is 42.2. The number of nitrogens with one attached hydrogen (secondary N) is 1. The van der Waals surface area contributed by atoms with E-state index in [4.69, 9.17) is 24.2 Å². The van der Waals surface area contributed by atoms with Gasteiger partial charge in [-0.3, -0.25) is 19.6 Å². The molecule has 2 aromatic heterocycles. The number of carbonyl (C=O) groups is 3. The van der Waals surface area contributed by atoms with Crippen LogP contribution in [0, 0.1) is 11.6 Å². The number of carbonyl (C=O) groups excluding carboxylic acids is 3. The van der Waals surface area contributed by atoms with Gasteiger partial charge in [0.15, 0.2) is 0 Å². The molecule has 0 aliphatic carbocycles. The van der Waals surface area contributed by atoms with E-state index in [0.717, 1.165) is 76.6 Å². The van der Waals surface area contributed by atoms with E-state index in [0.29, 0.717) is 61.1 Å². The van der Waals surface area contributed by atoms with E-state index in [-0.39, 0.29) is 48.6 Å². The van der Waals surface area contributed by atoms with Gasteiger partial charge in [-0.05, 0) is 116 Å². The fraction of sp³-hybridized carbons (Fsp3) is 0.271. The van der Waals surface area contributed by atoms with Crippen molar-refractivity contribution in [3.8, 4) is 23.0 Å². The number of anilines is 2. The molecule has 0 unspecified atom stereocenters. The maximum atomic E-state index is 13.1. The number of benzene rings is 6. The summed E-state index contributed by atoms with van der Waals surface area (Å²) in [6, 6.07) is 38.2. The molecule has 0 spiro atoms. The monoisotopic (exact) mass is 1010 g/mol. The van der Waals surface area contributed by atoms with Gasteiger partial charge in [0.25, 0.3) is 0 Å². The average Bonchev–Trinajstić information content (AvgIpc) is 3.40. The van der Waals surface area contributed by atoms with Crippen molar-refractivity contribution < 1.29 is 37.4 Å². The van der Waals surface area contributed by atoms with Gasteiger partial charge in [-0.2, -0.15) is 0 Å². The van der Waals surface area contributed by atoms with Crippen LogP contribution in [0.3, 0.4) is 0 Å². The number of piperazine rings is 2. The highest BCUT2D eigenvalue weighted by Crippen LogP contribution is 2.28. The van der Waals surface area contributed by atoms with Crippen molar-refractivity contribution in [2.45, 2.75) is 52.1 Å². The number of ether oxygens (including phenoxy) is 3. The van der Waals surface area contributed by atoms with Gasteiger partial charge >= 0.3 is 6.09 Å². The summed E-state index contributed by atoms with van der Waals surface area (Å²) in [6.07, 6.45) is 4.43. The van der Waals surface area contributed by atoms with Gasteiger partial charge in [-0.1, -0.05) is 48.5 Å². The molecule has 1 amide bonds. The molecule has 6 aromatic carbocycles. The van der Waals surface area contributed by atoms with Crippen molar-refractivity contribution in [1.29, 1.82) is 0 Å². The Labute approximate surface area is 434 Å². The van der Waals surface area contributed by atoms with Crippen LogP contribution < -0.4 is 24.6 Å². The Hall–Kier alpha value is -8.37. The summed E-state index contributed by atoms with van der Waals surface area (Å²) in [5, 5.41) is 3.34. The average molecular weight is 1010 g/mol. The summed E-state index contributed by atoms with van der Waals surface area (Å²) < 4.78 is 43.7. The highest BCUT2D eigenvalue weighted by atomic mass is 19.1. The molecule has 0 radical (unpaired) electrons. The molecule has 2 fully saturated rings. The summed E-state index contributed by atoms with van der Waals surface area (Å²) in [6.45, 7) is 11.7. The molecule has 14 nitrogen and oxygen atoms in total. The normalized spacial score (nSPS) is 13.7. The topological polar surface area (TPSA) is 152 Å². The first-order valence-electron chi connectivity index (χ1n) is 25.0. The van der Waals surface area contributed by atoms with E-state index < -0.39 is 5.60 Å². The maximum Gasteiger partial charge on any atom is 0.410 e. The smallest absolute Gasteiger partial charge is 0.410 e. The van der Waals surface area contributed by atoms with Crippen molar-refractivity contribution in [1.82, 2.24) is 30.2 Å².